The fourth-order valence-electron chi connectivity index (χ4n) is 13.9. The number of nitrogens with zero attached hydrogens (tertiary/aromatic N) is 3. The van der Waals surface area contributed by atoms with E-state index in [2.05, 4.69) is 277 Å². The van der Waals surface area contributed by atoms with Gasteiger partial charge in [-0.15, -0.1) is 0 Å². The van der Waals surface area contributed by atoms with Gasteiger partial charge in [0, 0.05) is 45.5 Å². The summed E-state index contributed by atoms with van der Waals surface area (Å²) in [5.41, 5.74) is 26.8. The Morgan fingerprint density at radius 2 is 0.811 bits per heavy atom. The zero-order valence-corrected chi connectivity index (χ0v) is 44.6. The summed E-state index contributed by atoms with van der Waals surface area (Å²) < 4.78 is 0. The predicted molar refractivity (Wildman–Crippen MR) is 317 cm³/mol. The number of benzene rings is 9. The molecule has 0 aromatic heterocycles. The van der Waals surface area contributed by atoms with Crippen LogP contribution in [0.3, 0.4) is 0 Å². The maximum atomic E-state index is 2.72. The molecule has 0 bridgehead atoms. The van der Waals surface area contributed by atoms with Crippen LogP contribution in [-0.4, -0.2) is 6.71 Å². The Labute approximate surface area is 440 Å². The first-order valence-electron chi connectivity index (χ1n) is 27.0. The normalized spacial score (nSPS) is 16.9. The van der Waals surface area contributed by atoms with Crippen LogP contribution in [0, 0.1) is 6.92 Å². The molecule has 74 heavy (non-hydrogen) atoms. The van der Waals surface area contributed by atoms with Crippen LogP contribution >= 0.6 is 0 Å². The molecule has 0 amide bonds. The van der Waals surface area contributed by atoms with Gasteiger partial charge in [-0.25, -0.2) is 0 Å². The third-order valence-corrected chi connectivity index (χ3v) is 17.6. The van der Waals surface area contributed by atoms with Gasteiger partial charge in [0.1, 0.15) is 0 Å². The van der Waals surface area contributed by atoms with Gasteiger partial charge in [0.25, 0.3) is 6.71 Å². The van der Waals surface area contributed by atoms with Crippen molar-refractivity contribution in [2.75, 3.05) is 14.7 Å². The molecule has 3 nitrogen and oxygen atoms in total. The van der Waals surface area contributed by atoms with Crippen LogP contribution in [0.2, 0.25) is 0 Å². The molecule has 9 aromatic carbocycles. The van der Waals surface area contributed by atoms with Crippen LogP contribution in [0.5, 0.6) is 0 Å². The molecule has 364 valence electrons. The van der Waals surface area contributed by atoms with E-state index in [-0.39, 0.29) is 28.4 Å². The van der Waals surface area contributed by atoms with E-state index >= 15 is 0 Å². The molecular formula is C70H66BN3. The minimum absolute atomic E-state index is 0.00289. The van der Waals surface area contributed by atoms with Gasteiger partial charge >= 0.3 is 0 Å². The summed E-state index contributed by atoms with van der Waals surface area (Å²) in [6.07, 6.45) is 3.41. The molecule has 0 radical (unpaired) electrons. The summed E-state index contributed by atoms with van der Waals surface area (Å²) in [7, 11) is 0. The Hall–Kier alpha value is -7.56. The first-order chi connectivity index (χ1) is 35.6. The van der Waals surface area contributed by atoms with E-state index in [1.807, 2.05) is 0 Å². The van der Waals surface area contributed by atoms with Gasteiger partial charge < -0.3 is 14.7 Å². The van der Waals surface area contributed by atoms with Crippen molar-refractivity contribution in [1.82, 2.24) is 0 Å². The SMILES string of the molecule is Cc1cc2c(cc1N1c3cc4c(cc3B3c5cc(-c6ccccc6)ccc5N(c5ccc(-c6ccccc6)cc5)c5cc(N(c6ccccc6)c6ccccc6)cc1c53)C(C)(C)CCC4(C)C)C(C)(C)CC2(C)C. The molecule has 0 fully saturated rings. The molecule has 0 spiro atoms. The first kappa shape index (κ1) is 46.2. The summed E-state index contributed by atoms with van der Waals surface area (Å²) in [5, 5.41) is 0. The van der Waals surface area contributed by atoms with Crippen molar-refractivity contribution >= 4 is 74.3 Å². The summed E-state index contributed by atoms with van der Waals surface area (Å²) in [6, 6.07) is 75.8. The molecular weight excluding hydrogens is 894 g/mol. The first-order valence-corrected chi connectivity index (χ1v) is 27.0. The second-order valence-electron chi connectivity index (χ2n) is 24.4. The Morgan fingerprint density at radius 3 is 1.39 bits per heavy atom. The van der Waals surface area contributed by atoms with Crippen LogP contribution in [0.25, 0.3) is 22.3 Å². The third-order valence-electron chi connectivity index (χ3n) is 17.6. The number of fused-ring (bicyclic) bond motifs is 6. The van der Waals surface area contributed by atoms with Gasteiger partial charge in [-0.1, -0.05) is 189 Å². The van der Waals surface area contributed by atoms with E-state index in [0.29, 0.717) is 0 Å². The number of aryl methyl sites for hydroxylation is 1. The molecule has 13 rings (SSSR count). The number of hydrogen-bond donors (Lipinski definition) is 0. The summed E-state index contributed by atoms with van der Waals surface area (Å²) >= 11 is 0. The maximum absolute atomic E-state index is 2.72. The topological polar surface area (TPSA) is 9.72 Å². The highest BCUT2D eigenvalue weighted by Gasteiger charge is 2.48. The van der Waals surface area contributed by atoms with E-state index in [1.54, 1.807) is 0 Å². The van der Waals surface area contributed by atoms with Crippen molar-refractivity contribution in [3.05, 3.63) is 228 Å². The van der Waals surface area contributed by atoms with Crippen molar-refractivity contribution in [2.45, 2.75) is 103 Å². The standard InChI is InChI=1S/C70H66BN3/c1-46-38-55-58(70(8,9)45-69(55,6)7)43-62(46)74-63-44-57-56(67(2,3)36-37-68(57,4)5)42-60(63)71-59-39-50(48-24-16-11-17-25-48)32-35-61(59)73(53-33-30-49(31-34-53)47-22-14-10-15-23-47)64-40-54(41-65(74)66(64)71)72(51-26-18-12-19-27-51)52-28-20-13-21-29-52/h10-35,38-44H,36-37,45H2,1-9H3. The zero-order valence-electron chi connectivity index (χ0n) is 44.6. The molecule has 4 aliphatic rings. The number of rotatable bonds is 7. The molecule has 0 N–H and O–H groups in total. The van der Waals surface area contributed by atoms with Gasteiger partial charge in [0.2, 0.25) is 0 Å². The van der Waals surface area contributed by atoms with Gasteiger partial charge in [0.05, 0.1) is 5.69 Å². The average molecular weight is 960 g/mol. The van der Waals surface area contributed by atoms with Gasteiger partial charge in [-0.3, -0.25) is 0 Å². The number of hydrogen-bond acceptors (Lipinski definition) is 3. The van der Waals surface area contributed by atoms with Gasteiger partial charge in [0.15, 0.2) is 0 Å². The minimum atomic E-state index is -0.0584. The highest BCUT2D eigenvalue weighted by molar-refractivity contribution is 7.00. The second kappa shape index (κ2) is 16.7. The van der Waals surface area contributed by atoms with E-state index in [1.165, 1.54) is 94.9 Å². The zero-order chi connectivity index (χ0) is 50.9. The van der Waals surface area contributed by atoms with Crippen LogP contribution in [0.1, 0.15) is 102 Å². The Kier molecular flexibility index (Phi) is 10.5. The second-order valence-corrected chi connectivity index (χ2v) is 24.4. The fourth-order valence-corrected chi connectivity index (χ4v) is 13.9. The molecule has 0 atom stereocenters. The lowest BCUT2D eigenvalue weighted by Crippen LogP contribution is -2.62. The fraction of sp³-hybridized carbons (Fsp3) is 0.229. The van der Waals surface area contributed by atoms with Crippen LogP contribution in [0.4, 0.5) is 51.2 Å². The Balaban J connectivity index is 1.18. The summed E-state index contributed by atoms with van der Waals surface area (Å²) in [4.78, 5) is 7.77. The van der Waals surface area contributed by atoms with Crippen molar-refractivity contribution in [1.29, 1.82) is 0 Å². The largest absolute Gasteiger partial charge is 0.311 e. The molecule has 4 heteroatoms. The van der Waals surface area contributed by atoms with Gasteiger partial charge in [-0.05, 0) is 181 Å². The minimum Gasteiger partial charge on any atom is -0.311 e. The van der Waals surface area contributed by atoms with Crippen LogP contribution in [0.15, 0.2) is 200 Å². The molecule has 2 heterocycles. The Morgan fingerprint density at radius 1 is 0.365 bits per heavy atom. The molecule has 0 saturated heterocycles. The summed E-state index contributed by atoms with van der Waals surface area (Å²) in [6.45, 7) is 22.1. The maximum Gasteiger partial charge on any atom is 0.252 e. The van der Waals surface area contributed by atoms with Crippen molar-refractivity contribution < 1.29 is 0 Å². The molecule has 2 aliphatic heterocycles. The third kappa shape index (κ3) is 7.30. The Bertz CT molecular complexity index is 3610. The van der Waals surface area contributed by atoms with Crippen molar-refractivity contribution in [3.8, 4) is 22.3 Å². The quantitative estimate of drug-likeness (QED) is 0.147. The van der Waals surface area contributed by atoms with E-state index in [0.717, 1.165) is 42.0 Å². The predicted octanol–water partition coefficient (Wildman–Crippen LogP) is 17.2. The lowest BCUT2D eigenvalue weighted by molar-refractivity contribution is 0.332. The number of anilines is 9. The van der Waals surface area contributed by atoms with Crippen molar-refractivity contribution in [2.24, 2.45) is 0 Å². The average Bonchev–Trinajstić information content (AvgIpc) is 3.60. The summed E-state index contributed by atoms with van der Waals surface area (Å²) in [5.74, 6) is 0. The number of para-hydroxylation sites is 2. The molecule has 0 saturated carbocycles. The smallest absolute Gasteiger partial charge is 0.252 e. The van der Waals surface area contributed by atoms with Crippen LogP contribution in [-0.2, 0) is 21.7 Å². The lowest BCUT2D eigenvalue weighted by Gasteiger charge is -2.48. The van der Waals surface area contributed by atoms with Crippen LogP contribution < -0.4 is 31.1 Å². The van der Waals surface area contributed by atoms with E-state index in [4.69, 9.17) is 0 Å². The highest BCUT2D eigenvalue weighted by Crippen LogP contribution is 2.55. The lowest BCUT2D eigenvalue weighted by atomic mass is 9.33. The van der Waals surface area contributed by atoms with E-state index < -0.39 is 0 Å². The molecule has 9 aromatic rings. The van der Waals surface area contributed by atoms with E-state index in [9.17, 15) is 0 Å². The molecule has 2 aliphatic carbocycles. The highest BCUT2D eigenvalue weighted by atomic mass is 15.2. The molecule has 0 unspecified atom stereocenters. The van der Waals surface area contributed by atoms with Crippen molar-refractivity contribution in [3.63, 3.8) is 0 Å². The monoisotopic (exact) mass is 960 g/mol. The van der Waals surface area contributed by atoms with Gasteiger partial charge in [-0.2, -0.15) is 0 Å².